The number of benzene rings is 1. The van der Waals surface area contributed by atoms with Crippen LogP contribution in [0.4, 0.5) is 0 Å². The van der Waals surface area contributed by atoms with Gasteiger partial charge < -0.3 is 5.84 Å². The number of nitrogens with two attached hydrogens (primary N) is 1. The average Bonchev–Trinajstić information content (AvgIpc) is 2.79. The highest BCUT2D eigenvalue weighted by Crippen LogP contribution is 2.29. The summed E-state index contributed by atoms with van der Waals surface area (Å²) < 4.78 is 26.5. The fourth-order valence-corrected chi connectivity index (χ4v) is 4.34. The van der Waals surface area contributed by atoms with Crippen LogP contribution in [0.15, 0.2) is 63.7 Å². The van der Waals surface area contributed by atoms with Crippen molar-refractivity contribution in [2.45, 2.75) is 30.2 Å². The van der Waals surface area contributed by atoms with E-state index in [-0.39, 0.29) is 0 Å². The number of hydrogen-bond donors (Lipinski definition) is 2. The van der Waals surface area contributed by atoms with Crippen LogP contribution < -0.4 is 10.6 Å². The maximum absolute atomic E-state index is 12.1. The van der Waals surface area contributed by atoms with E-state index < -0.39 is 10.0 Å². The minimum atomic E-state index is -3.43. The lowest BCUT2D eigenvalue weighted by molar-refractivity contribution is 0.239. The van der Waals surface area contributed by atoms with Crippen molar-refractivity contribution in [3.8, 4) is 0 Å². The van der Waals surface area contributed by atoms with E-state index in [9.17, 15) is 8.42 Å². The fraction of sp³-hybridized carbons (Fsp3) is 0.381. The van der Waals surface area contributed by atoms with E-state index in [1.807, 2.05) is 30.3 Å². The molecule has 2 aromatic rings. The van der Waals surface area contributed by atoms with Crippen LogP contribution in [0.5, 0.6) is 0 Å². The molecule has 0 amide bonds. The van der Waals surface area contributed by atoms with Crippen molar-refractivity contribution in [3.63, 3.8) is 0 Å². The number of sulfonamides is 1. The van der Waals surface area contributed by atoms with Crippen molar-refractivity contribution >= 4 is 21.9 Å². The molecular formula is C21H28N6O2S. The van der Waals surface area contributed by atoms with Gasteiger partial charge in [-0.15, -0.1) is 0 Å². The molecule has 30 heavy (non-hydrogen) atoms. The fourth-order valence-electron chi connectivity index (χ4n) is 3.56. The summed E-state index contributed by atoms with van der Waals surface area (Å²) in [7, 11) is -2.00. The third-order valence-electron chi connectivity index (χ3n) is 5.27. The first-order chi connectivity index (χ1) is 14.5. The van der Waals surface area contributed by atoms with Crippen molar-refractivity contribution in [1.82, 2.24) is 14.6 Å². The zero-order chi connectivity index (χ0) is 21.4. The van der Waals surface area contributed by atoms with Gasteiger partial charge in [-0.1, -0.05) is 18.2 Å². The highest BCUT2D eigenvalue weighted by Gasteiger charge is 2.22. The second-order valence-corrected chi connectivity index (χ2v) is 9.13. The molecule has 8 nitrogen and oxygen atoms in total. The maximum atomic E-state index is 12.1. The van der Waals surface area contributed by atoms with E-state index in [0.717, 1.165) is 42.9 Å². The van der Waals surface area contributed by atoms with Crippen LogP contribution in [0.3, 0.4) is 0 Å². The molecule has 1 aromatic carbocycles. The molecule has 0 bridgehead atoms. The lowest BCUT2D eigenvalue weighted by Gasteiger charge is -2.32. The third kappa shape index (κ3) is 5.94. The summed E-state index contributed by atoms with van der Waals surface area (Å²) >= 11 is 0. The average molecular weight is 429 g/mol. The van der Waals surface area contributed by atoms with Crippen molar-refractivity contribution in [1.29, 1.82) is 0 Å². The minimum absolute atomic E-state index is 0.312. The Morgan fingerprint density at radius 1 is 1.27 bits per heavy atom. The molecule has 9 heteroatoms. The Morgan fingerprint density at radius 2 is 2.07 bits per heavy atom. The summed E-state index contributed by atoms with van der Waals surface area (Å²) in [6, 6.07) is 13.0. The van der Waals surface area contributed by atoms with Gasteiger partial charge in [-0.2, -0.15) is 5.10 Å². The zero-order valence-electron chi connectivity index (χ0n) is 17.1. The first-order valence-electron chi connectivity index (χ1n) is 9.94. The lowest BCUT2D eigenvalue weighted by atomic mass is 9.89. The zero-order valence-corrected chi connectivity index (χ0v) is 17.9. The monoisotopic (exact) mass is 428 g/mol. The molecule has 0 aliphatic carbocycles. The molecule has 1 saturated heterocycles. The number of piperidine rings is 1. The SMILES string of the molecule is CNS(=O)(=O)c1cccc(C2CCN(CC(C=NCc3ccccn3)=NN)CC2)c1. The van der Waals surface area contributed by atoms with E-state index in [1.165, 1.54) is 7.05 Å². The Kier molecular flexibility index (Phi) is 7.67. The van der Waals surface area contributed by atoms with Gasteiger partial charge in [-0.3, -0.25) is 14.9 Å². The van der Waals surface area contributed by atoms with E-state index in [4.69, 9.17) is 5.84 Å². The molecule has 1 fully saturated rings. The number of nitrogens with one attached hydrogen (secondary N) is 1. The third-order valence-corrected chi connectivity index (χ3v) is 6.68. The van der Waals surface area contributed by atoms with Crippen molar-refractivity contribution < 1.29 is 8.42 Å². The number of hydrazone groups is 1. The Bertz CT molecular complexity index is 984. The summed E-state index contributed by atoms with van der Waals surface area (Å²) in [4.78, 5) is 11.2. The van der Waals surface area contributed by atoms with Crippen LogP contribution in [0.25, 0.3) is 0 Å². The first-order valence-corrected chi connectivity index (χ1v) is 11.4. The van der Waals surface area contributed by atoms with Crippen molar-refractivity contribution in [2.24, 2.45) is 15.9 Å². The molecule has 0 unspecified atom stereocenters. The molecule has 0 spiro atoms. The molecule has 160 valence electrons. The summed E-state index contributed by atoms with van der Waals surface area (Å²) in [5.74, 6) is 5.89. The minimum Gasteiger partial charge on any atom is -0.323 e. The normalized spacial score (nSPS) is 16.9. The topological polar surface area (TPSA) is 113 Å². The number of nitrogens with zero attached hydrogens (tertiary/aromatic N) is 4. The molecule has 3 N–H and O–H groups in total. The quantitative estimate of drug-likeness (QED) is 0.378. The van der Waals surface area contributed by atoms with Gasteiger partial charge in [-0.25, -0.2) is 13.1 Å². The van der Waals surface area contributed by atoms with Crippen LogP contribution in [-0.2, 0) is 16.6 Å². The van der Waals surface area contributed by atoms with Crippen LogP contribution in [0.2, 0.25) is 0 Å². The molecule has 1 aliphatic rings. The molecule has 1 aromatic heterocycles. The van der Waals surface area contributed by atoms with Gasteiger partial charge in [0.25, 0.3) is 0 Å². The predicted octanol–water partition coefficient (Wildman–Crippen LogP) is 1.75. The van der Waals surface area contributed by atoms with E-state index in [0.29, 0.717) is 23.9 Å². The molecule has 1 aliphatic heterocycles. The highest BCUT2D eigenvalue weighted by atomic mass is 32.2. The second kappa shape index (κ2) is 10.4. The summed E-state index contributed by atoms with van der Waals surface area (Å²) in [6.07, 6.45) is 5.36. The van der Waals surface area contributed by atoms with Gasteiger partial charge in [0.05, 0.1) is 22.8 Å². The summed E-state index contributed by atoms with van der Waals surface area (Å²) in [5.41, 5.74) is 2.69. The number of aromatic nitrogens is 1. The van der Waals surface area contributed by atoms with Crippen molar-refractivity contribution in [2.75, 3.05) is 26.7 Å². The Hall–Kier alpha value is -2.62. The lowest BCUT2D eigenvalue weighted by Crippen LogP contribution is -2.37. The molecule has 0 radical (unpaired) electrons. The van der Waals surface area contributed by atoms with Gasteiger partial charge in [0.15, 0.2) is 0 Å². The van der Waals surface area contributed by atoms with E-state index in [1.54, 1.807) is 24.5 Å². The maximum Gasteiger partial charge on any atom is 0.240 e. The Morgan fingerprint density at radius 3 is 2.73 bits per heavy atom. The second-order valence-electron chi connectivity index (χ2n) is 7.24. The first kappa shape index (κ1) is 22.1. The predicted molar refractivity (Wildman–Crippen MR) is 119 cm³/mol. The van der Waals surface area contributed by atoms with Crippen molar-refractivity contribution in [3.05, 3.63) is 59.9 Å². The number of likely N-dealkylation sites (tertiary alicyclic amines) is 1. The van der Waals surface area contributed by atoms with Crippen LogP contribution in [-0.4, -0.2) is 56.9 Å². The molecular weight excluding hydrogens is 400 g/mol. The summed E-state index contributed by atoms with van der Waals surface area (Å²) in [5, 5.41) is 3.87. The molecule has 3 rings (SSSR count). The molecule has 2 heterocycles. The standard InChI is InChI=1S/C21H28N6O2S/c1-23-30(28,29)21-7-4-5-18(13-21)17-8-11-27(12-9-17)16-20(26-22)15-24-14-19-6-2-3-10-25-19/h2-7,10,13,15,17,23H,8-9,11-12,14,16,22H2,1H3. The van der Waals surface area contributed by atoms with Gasteiger partial charge >= 0.3 is 0 Å². The van der Waals surface area contributed by atoms with Gasteiger partial charge in [0.1, 0.15) is 0 Å². The van der Waals surface area contributed by atoms with Crippen LogP contribution >= 0.6 is 0 Å². The van der Waals surface area contributed by atoms with Gasteiger partial charge in [-0.05, 0) is 68.7 Å². The van der Waals surface area contributed by atoms with Gasteiger partial charge in [0, 0.05) is 19.0 Å². The highest BCUT2D eigenvalue weighted by molar-refractivity contribution is 7.89. The number of pyridine rings is 1. The summed E-state index contributed by atoms with van der Waals surface area (Å²) in [6.45, 7) is 2.92. The Labute approximate surface area is 178 Å². The number of aliphatic imine (C=N–C) groups is 1. The number of hydrogen-bond acceptors (Lipinski definition) is 7. The largest absolute Gasteiger partial charge is 0.323 e. The smallest absolute Gasteiger partial charge is 0.240 e. The van der Waals surface area contributed by atoms with Crippen LogP contribution in [0.1, 0.15) is 30.0 Å². The molecule has 0 saturated carbocycles. The van der Waals surface area contributed by atoms with Crippen LogP contribution in [0, 0.1) is 0 Å². The number of rotatable bonds is 8. The van der Waals surface area contributed by atoms with Gasteiger partial charge in [0.2, 0.25) is 10.0 Å². The Balaban J connectivity index is 1.53. The molecule has 0 atom stereocenters. The van der Waals surface area contributed by atoms with E-state index >= 15 is 0 Å². The van der Waals surface area contributed by atoms with E-state index in [2.05, 4.69) is 24.7 Å².